The van der Waals surface area contributed by atoms with E-state index >= 15 is 0 Å². The lowest BCUT2D eigenvalue weighted by atomic mass is 10.2. The summed E-state index contributed by atoms with van der Waals surface area (Å²) < 4.78 is 0. The molecule has 2 atom stereocenters. The molecule has 1 aromatic rings. The summed E-state index contributed by atoms with van der Waals surface area (Å²) in [5, 5.41) is 8.82. The smallest absolute Gasteiger partial charge is 0.119 e. The third-order valence-corrected chi connectivity index (χ3v) is 2.55. The van der Waals surface area contributed by atoms with E-state index in [0.29, 0.717) is 0 Å². The SMILES string of the molecule is CC1(C#N)CN1Cc1ccccc1. The first-order chi connectivity index (χ1) is 6.24. The maximum absolute atomic E-state index is 8.82. The highest BCUT2D eigenvalue weighted by atomic mass is 15.3. The Morgan fingerprint density at radius 2 is 2.15 bits per heavy atom. The summed E-state index contributed by atoms with van der Waals surface area (Å²) in [6.45, 7) is 3.78. The van der Waals surface area contributed by atoms with Crippen LogP contribution in [-0.2, 0) is 6.54 Å². The Kier molecular flexibility index (Phi) is 1.82. The Morgan fingerprint density at radius 1 is 1.46 bits per heavy atom. The van der Waals surface area contributed by atoms with E-state index in [0.717, 1.165) is 13.1 Å². The number of rotatable bonds is 2. The van der Waals surface area contributed by atoms with Crippen molar-refractivity contribution in [3.63, 3.8) is 0 Å². The lowest BCUT2D eigenvalue weighted by Crippen LogP contribution is -2.10. The summed E-state index contributed by atoms with van der Waals surface area (Å²) in [4.78, 5) is 2.17. The number of hydrogen-bond donors (Lipinski definition) is 0. The van der Waals surface area contributed by atoms with Crippen molar-refractivity contribution in [2.45, 2.75) is 19.0 Å². The molecule has 1 saturated heterocycles. The second-order valence-corrected chi connectivity index (χ2v) is 3.73. The molecule has 0 aromatic heterocycles. The van der Waals surface area contributed by atoms with Crippen molar-refractivity contribution in [1.29, 1.82) is 5.26 Å². The van der Waals surface area contributed by atoms with Gasteiger partial charge in [0.1, 0.15) is 5.54 Å². The summed E-state index contributed by atoms with van der Waals surface area (Å²) >= 11 is 0. The van der Waals surface area contributed by atoms with Gasteiger partial charge < -0.3 is 0 Å². The van der Waals surface area contributed by atoms with E-state index < -0.39 is 0 Å². The summed E-state index contributed by atoms with van der Waals surface area (Å²) in [5.74, 6) is 0. The molecule has 66 valence electrons. The third kappa shape index (κ3) is 1.56. The predicted octanol–water partition coefficient (Wildman–Crippen LogP) is 1.78. The van der Waals surface area contributed by atoms with E-state index in [4.69, 9.17) is 5.26 Å². The monoisotopic (exact) mass is 172 g/mol. The van der Waals surface area contributed by atoms with E-state index in [9.17, 15) is 0 Å². The van der Waals surface area contributed by atoms with Crippen LogP contribution in [0.3, 0.4) is 0 Å². The van der Waals surface area contributed by atoms with Crippen LogP contribution in [0.4, 0.5) is 0 Å². The molecule has 0 N–H and O–H groups in total. The molecule has 13 heavy (non-hydrogen) atoms. The van der Waals surface area contributed by atoms with Crippen molar-refractivity contribution in [1.82, 2.24) is 4.90 Å². The Balaban J connectivity index is 2.00. The van der Waals surface area contributed by atoms with Gasteiger partial charge in [-0.15, -0.1) is 0 Å². The van der Waals surface area contributed by atoms with Crippen LogP contribution in [0.2, 0.25) is 0 Å². The molecule has 1 heterocycles. The van der Waals surface area contributed by atoms with Gasteiger partial charge in [-0.25, -0.2) is 0 Å². The molecule has 0 spiro atoms. The Hall–Kier alpha value is -1.33. The predicted molar refractivity (Wildman–Crippen MR) is 50.9 cm³/mol. The van der Waals surface area contributed by atoms with Crippen molar-refractivity contribution in [2.75, 3.05) is 6.54 Å². The van der Waals surface area contributed by atoms with Gasteiger partial charge in [-0.1, -0.05) is 30.3 Å². The van der Waals surface area contributed by atoms with Crippen LogP contribution in [0, 0.1) is 11.3 Å². The van der Waals surface area contributed by atoms with Gasteiger partial charge in [-0.3, -0.25) is 4.90 Å². The Labute approximate surface area is 78.4 Å². The van der Waals surface area contributed by atoms with E-state index in [2.05, 4.69) is 23.1 Å². The molecule has 0 radical (unpaired) electrons. The van der Waals surface area contributed by atoms with Gasteiger partial charge in [0.05, 0.1) is 6.07 Å². The van der Waals surface area contributed by atoms with Gasteiger partial charge in [0, 0.05) is 13.1 Å². The maximum atomic E-state index is 8.82. The van der Waals surface area contributed by atoms with E-state index in [1.807, 2.05) is 25.1 Å². The van der Waals surface area contributed by atoms with Crippen molar-refractivity contribution in [3.8, 4) is 6.07 Å². The van der Waals surface area contributed by atoms with E-state index in [1.165, 1.54) is 5.56 Å². The quantitative estimate of drug-likeness (QED) is 0.636. The maximum Gasteiger partial charge on any atom is 0.119 e. The second-order valence-electron chi connectivity index (χ2n) is 3.73. The molecule has 0 aliphatic carbocycles. The van der Waals surface area contributed by atoms with Gasteiger partial charge in [0.15, 0.2) is 0 Å². The summed E-state index contributed by atoms with van der Waals surface area (Å²) in [6, 6.07) is 12.6. The zero-order chi connectivity index (χ0) is 9.31. The van der Waals surface area contributed by atoms with Crippen LogP contribution < -0.4 is 0 Å². The second kappa shape index (κ2) is 2.86. The normalized spacial score (nSPS) is 30.9. The van der Waals surface area contributed by atoms with Gasteiger partial charge in [-0.05, 0) is 12.5 Å². The number of nitrogens with zero attached hydrogens (tertiary/aromatic N) is 2. The van der Waals surface area contributed by atoms with Crippen LogP contribution >= 0.6 is 0 Å². The van der Waals surface area contributed by atoms with Gasteiger partial charge in [0.2, 0.25) is 0 Å². The molecule has 0 saturated carbocycles. The minimum Gasteiger partial charge on any atom is -0.277 e. The average Bonchev–Trinajstić information content (AvgIpc) is 2.80. The number of nitriles is 1. The van der Waals surface area contributed by atoms with Crippen molar-refractivity contribution >= 4 is 0 Å². The molecule has 0 amide bonds. The molecular weight excluding hydrogens is 160 g/mol. The minimum atomic E-state index is -0.199. The lowest BCUT2D eigenvalue weighted by molar-refractivity contribution is 0.472. The zero-order valence-electron chi connectivity index (χ0n) is 7.70. The lowest BCUT2D eigenvalue weighted by Gasteiger charge is -2.04. The fourth-order valence-electron chi connectivity index (χ4n) is 1.48. The Morgan fingerprint density at radius 3 is 2.69 bits per heavy atom. The van der Waals surface area contributed by atoms with Crippen LogP contribution in [-0.4, -0.2) is 17.0 Å². The summed E-state index contributed by atoms with van der Waals surface area (Å²) in [5.41, 5.74) is 1.08. The Bertz CT molecular complexity index is 339. The molecule has 1 aliphatic rings. The van der Waals surface area contributed by atoms with Crippen LogP contribution in [0.1, 0.15) is 12.5 Å². The zero-order valence-corrected chi connectivity index (χ0v) is 7.70. The standard InChI is InChI=1S/C11H12N2/c1-11(8-12)9-13(11)7-10-5-3-2-4-6-10/h2-6H,7,9H2,1H3. The topological polar surface area (TPSA) is 26.8 Å². The molecule has 2 heteroatoms. The first-order valence-electron chi connectivity index (χ1n) is 4.45. The fourth-order valence-corrected chi connectivity index (χ4v) is 1.48. The molecule has 2 rings (SSSR count). The highest BCUT2D eigenvalue weighted by Gasteiger charge is 2.47. The van der Waals surface area contributed by atoms with Gasteiger partial charge in [0.25, 0.3) is 0 Å². The van der Waals surface area contributed by atoms with Gasteiger partial charge in [-0.2, -0.15) is 5.26 Å². The minimum absolute atomic E-state index is 0.199. The highest BCUT2D eigenvalue weighted by Crippen LogP contribution is 2.32. The molecule has 1 aliphatic heterocycles. The highest BCUT2D eigenvalue weighted by molar-refractivity contribution is 5.23. The van der Waals surface area contributed by atoms with E-state index in [1.54, 1.807) is 0 Å². The third-order valence-electron chi connectivity index (χ3n) is 2.55. The first kappa shape index (κ1) is 8.28. The van der Waals surface area contributed by atoms with Crippen LogP contribution in [0.5, 0.6) is 0 Å². The van der Waals surface area contributed by atoms with Crippen LogP contribution in [0.15, 0.2) is 30.3 Å². The molecule has 1 fully saturated rings. The van der Waals surface area contributed by atoms with E-state index in [-0.39, 0.29) is 5.54 Å². The van der Waals surface area contributed by atoms with Crippen molar-refractivity contribution in [2.24, 2.45) is 0 Å². The van der Waals surface area contributed by atoms with Crippen molar-refractivity contribution in [3.05, 3.63) is 35.9 Å². The molecular formula is C11H12N2. The largest absolute Gasteiger partial charge is 0.277 e. The fraction of sp³-hybridized carbons (Fsp3) is 0.364. The first-order valence-corrected chi connectivity index (χ1v) is 4.45. The number of benzene rings is 1. The molecule has 2 nitrogen and oxygen atoms in total. The van der Waals surface area contributed by atoms with Crippen molar-refractivity contribution < 1.29 is 0 Å². The average molecular weight is 172 g/mol. The van der Waals surface area contributed by atoms with Crippen LogP contribution in [0.25, 0.3) is 0 Å². The molecule has 2 unspecified atom stereocenters. The molecule has 1 aromatic carbocycles. The summed E-state index contributed by atoms with van der Waals surface area (Å²) in [7, 11) is 0. The van der Waals surface area contributed by atoms with Gasteiger partial charge >= 0.3 is 0 Å². The molecule has 0 bridgehead atoms. The number of hydrogen-bond acceptors (Lipinski definition) is 2. The summed E-state index contributed by atoms with van der Waals surface area (Å²) in [6.07, 6.45) is 0.